The topological polar surface area (TPSA) is 216 Å². The van der Waals surface area contributed by atoms with Crippen LogP contribution >= 0.6 is 0 Å². The predicted octanol–water partition coefficient (Wildman–Crippen LogP) is -1.89. The fourth-order valence-electron chi connectivity index (χ4n) is 3.14. The van der Waals surface area contributed by atoms with Crippen LogP contribution in [-0.4, -0.2) is 86.6 Å². The van der Waals surface area contributed by atoms with Gasteiger partial charge in [0, 0.05) is 19.4 Å². The Balaban J connectivity index is 2.71. The van der Waals surface area contributed by atoms with E-state index in [0.29, 0.717) is 6.42 Å². The second-order valence-electron chi connectivity index (χ2n) is 7.29. The summed E-state index contributed by atoms with van der Waals surface area (Å²) in [5, 5.41) is 31.2. The van der Waals surface area contributed by atoms with E-state index in [-0.39, 0.29) is 32.2 Å². The predicted molar refractivity (Wildman–Crippen MR) is 104 cm³/mol. The highest BCUT2D eigenvalue weighted by Gasteiger charge is 2.38. The standard InChI is InChI=1S/C18H28N4O9/c1-9(20-15(27)10(19)4-6-13(23)24)17(29)22-8-2-3-12(22)16(28)21-11(18(30)31)5-7-14(25)26/h9-12H,2-8,19H2,1H3,(H,20,27)(H,21,28)(H,23,24)(H,25,26)(H,30,31). The zero-order valence-corrected chi connectivity index (χ0v) is 17.1. The molecule has 1 saturated heterocycles. The highest BCUT2D eigenvalue weighted by Crippen LogP contribution is 2.19. The second kappa shape index (κ2) is 11.8. The summed E-state index contributed by atoms with van der Waals surface area (Å²) < 4.78 is 0. The number of carbonyl (C=O) groups excluding carboxylic acids is 3. The van der Waals surface area contributed by atoms with Crippen molar-refractivity contribution in [2.24, 2.45) is 5.73 Å². The lowest BCUT2D eigenvalue weighted by atomic mass is 10.1. The van der Waals surface area contributed by atoms with Gasteiger partial charge >= 0.3 is 17.9 Å². The molecule has 0 aromatic rings. The summed E-state index contributed by atoms with van der Waals surface area (Å²) in [7, 11) is 0. The molecule has 1 fully saturated rings. The molecule has 4 unspecified atom stereocenters. The molecule has 1 rings (SSSR count). The quantitative estimate of drug-likeness (QED) is 0.197. The summed E-state index contributed by atoms with van der Waals surface area (Å²) in [5.41, 5.74) is 5.61. The van der Waals surface area contributed by atoms with Crippen LogP contribution in [0.1, 0.15) is 45.4 Å². The molecule has 4 atom stereocenters. The van der Waals surface area contributed by atoms with E-state index in [1.807, 2.05) is 0 Å². The molecule has 1 aliphatic rings. The molecule has 0 aromatic heterocycles. The molecule has 0 spiro atoms. The van der Waals surface area contributed by atoms with Crippen molar-refractivity contribution in [1.82, 2.24) is 15.5 Å². The van der Waals surface area contributed by atoms with Crippen LogP contribution in [0.25, 0.3) is 0 Å². The van der Waals surface area contributed by atoms with Crippen molar-refractivity contribution >= 4 is 35.6 Å². The third-order valence-corrected chi connectivity index (χ3v) is 4.84. The number of nitrogens with two attached hydrogens (primary N) is 1. The molecule has 0 radical (unpaired) electrons. The summed E-state index contributed by atoms with van der Waals surface area (Å²) in [5.74, 6) is -5.71. The monoisotopic (exact) mass is 444 g/mol. The van der Waals surface area contributed by atoms with E-state index < -0.39 is 66.2 Å². The minimum atomic E-state index is -1.41. The molecular formula is C18H28N4O9. The average molecular weight is 444 g/mol. The molecule has 1 aliphatic heterocycles. The normalized spacial score (nSPS) is 18.5. The van der Waals surface area contributed by atoms with Crippen LogP contribution in [0.4, 0.5) is 0 Å². The molecule has 0 saturated carbocycles. The zero-order valence-electron chi connectivity index (χ0n) is 17.1. The summed E-state index contributed by atoms with van der Waals surface area (Å²) >= 11 is 0. The van der Waals surface area contributed by atoms with Crippen LogP contribution in [0.3, 0.4) is 0 Å². The van der Waals surface area contributed by atoms with Gasteiger partial charge in [-0.1, -0.05) is 0 Å². The average Bonchev–Trinajstić information content (AvgIpc) is 3.17. The van der Waals surface area contributed by atoms with Crippen LogP contribution in [0.15, 0.2) is 0 Å². The van der Waals surface area contributed by atoms with E-state index in [9.17, 15) is 33.9 Å². The number of carboxylic acids is 3. The zero-order chi connectivity index (χ0) is 23.7. The number of amides is 3. The van der Waals surface area contributed by atoms with Crippen molar-refractivity contribution in [3.8, 4) is 0 Å². The molecule has 13 nitrogen and oxygen atoms in total. The number of nitrogens with one attached hydrogen (secondary N) is 2. The van der Waals surface area contributed by atoms with Crippen molar-refractivity contribution in [2.75, 3.05) is 6.54 Å². The van der Waals surface area contributed by atoms with E-state index in [1.54, 1.807) is 0 Å². The number of carbonyl (C=O) groups is 6. The third kappa shape index (κ3) is 8.20. The fraction of sp³-hybridized carbons (Fsp3) is 0.667. The lowest BCUT2D eigenvalue weighted by molar-refractivity contribution is -0.145. The molecule has 1 heterocycles. The van der Waals surface area contributed by atoms with Crippen molar-refractivity contribution in [1.29, 1.82) is 0 Å². The van der Waals surface area contributed by atoms with Crippen molar-refractivity contribution < 1.29 is 44.1 Å². The Bertz CT molecular complexity index is 727. The maximum Gasteiger partial charge on any atom is 0.326 e. The Labute approximate surface area is 177 Å². The molecular weight excluding hydrogens is 416 g/mol. The van der Waals surface area contributed by atoms with Gasteiger partial charge < -0.3 is 36.6 Å². The summed E-state index contributed by atoms with van der Waals surface area (Å²) in [6.07, 6.45) is -0.410. The van der Waals surface area contributed by atoms with E-state index >= 15 is 0 Å². The van der Waals surface area contributed by atoms with Crippen LogP contribution in [0, 0.1) is 0 Å². The minimum Gasteiger partial charge on any atom is -0.481 e. The van der Waals surface area contributed by atoms with Crippen LogP contribution in [0.2, 0.25) is 0 Å². The fourth-order valence-corrected chi connectivity index (χ4v) is 3.14. The van der Waals surface area contributed by atoms with Gasteiger partial charge in [-0.15, -0.1) is 0 Å². The van der Waals surface area contributed by atoms with E-state index in [4.69, 9.17) is 15.9 Å². The van der Waals surface area contributed by atoms with Crippen LogP contribution in [-0.2, 0) is 28.8 Å². The van der Waals surface area contributed by atoms with Gasteiger partial charge in [-0.25, -0.2) is 4.79 Å². The highest BCUT2D eigenvalue weighted by molar-refractivity contribution is 5.94. The van der Waals surface area contributed by atoms with Crippen molar-refractivity contribution in [3.05, 3.63) is 0 Å². The third-order valence-electron chi connectivity index (χ3n) is 4.84. The Morgan fingerprint density at radius 2 is 1.58 bits per heavy atom. The first-order valence-corrected chi connectivity index (χ1v) is 9.77. The molecule has 7 N–H and O–H groups in total. The van der Waals surface area contributed by atoms with E-state index in [0.717, 1.165) is 0 Å². The van der Waals surface area contributed by atoms with Gasteiger partial charge in [-0.05, 0) is 32.6 Å². The van der Waals surface area contributed by atoms with E-state index in [1.165, 1.54) is 11.8 Å². The Hall–Kier alpha value is -3.22. The van der Waals surface area contributed by atoms with Crippen molar-refractivity contribution in [2.45, 2.75) is 69.6 Å². The van der Waals surface area contributed by atoms with Gasteiger partial charge in [0.05, 0.1) is 6.04 Å². The first-order valence-electron chi connectivity index (χ1n) is 9.77. The number of carboxylic acid groups (broad SMARTS) is 3. The maximum atomic E-state index is 12.7. The molecule has 31 heavy (non-hydrogen) atoms. The number of aliphatic carboxylic acids is 3. The Morgan fingerprint density at radius 1 is 1.00 bits per heavy atom. The lowest BCUT2D eigenvalue weighted by Gasteiger charge is -2.28. The number of nitrogens with zero attached hydrogens (tertiary/aromatic N) is 1. The maximum absolute atomic E-state index is 12.7. The Kier molecular flexibility index (Phi) is 9.86. The van der Waals surface area contributed by atoms with Gasteiger partial charge in [-0.2, -0.15) is 0 Å². The van der Waals surface area contributed by atoms with Gasteiger partial charge in [0.1, 0.15) is 18.1 Å². The summed E-state index contributed by atoms with van der Waals surface area (Å²) in [4.78, 5) is 71.1. The molecule has 0 bridgehead atoms. The molecule has 13 heteroatoms. The minimum absolute atomic E-state index is 0.107. The second-order valence-corrected chi connectivity index (χ2v) is 7.29. The summed E-state index contributed by atoms with van der Waals surface area (Å²) in [6.45, 7) is 1.61. The molecule has 0 aliphatic carbocycles. The largest absolute Gasteiger partial charge is 0.481 e. The number of rotatable bonds is 12. The SMILES string of the molecule is CC(NC(=O)C(N)CCC(=O)O)C(=O)N1CCCC1C(=O)NC(CCC(=O)O)C(=O)O. The summed E-state index contributed by atoms with van der Waals surface area (Å²) in [6, 6.07) is -4.53. The van der Waals surface area contributed by atoms with Gasteiger partial charge in [0.15, 0.2) is 0 Å². The van der Waals surface area contributed by atoms with E-state index in [2.05, 4.69) is 10.6 Å². The van der Waals surface area contributed by atoms with Gasteiger partial charge in [-0.3, -0.25) is 24.0 Å². The molecule has 0 aromatic carbocycles. The van der Waals surface area contributed by atoms with Gasteiger partial charge in [0.25, 0.3) is 0 Å². The van der Waals surface area contributed by atoms with Crippen molar-refractivity contribution in [3.63, 3.8) is 0 Å². The Morgan fingerprint density at radius 3 is 2.13 bits per heavy atom. The smallest absolute Gasteiger partial charge is 0.326 e. The molecule has 174 valence electrons. The first kappa shape index (κ1) is 25.8. The number of hydrogen-bond acceptors (Lipinski definition) is 7. The van der Waals surface area contributed by atoms with Gasteiger partial charge in [0.2, 0.25) is 17.7 Å². The number of likely N-dealkylation sites (tertiary alicyclic amines) is 1. The van der Waals surface area contributed by atoms with Crippen LogP contribution < -0.4 is 16.4 Å². The highest BCUT2D eigenvalue weighted by atomic mass is 16.4. The van der Waals surface area contributed by atoms with Crippen LogP contribution in [0.5, 0.6) is 0 Å². The number of hydrogen-bond donors (Lipinski definition) is 6. The lowest BCUT2D eigenvalue weighted by Crippen LogP contribution is -2.56. The molecule has 3 amide bonds. The first-order chi connectivity index (χ1) is 14.4.